The molecule has 0 aliphatic carbocycles. The summed E-state index contributed by atoms with van der Waals surface area (Å²) in [6.07, 6.45) is 69.0. The fraction of sp³-hybridized carbons (Fsp3) is 0.984. The molecular formula is C64H132N2O6P+. The third-order valence-corrected chi connectivity index (χ3v) is 16.6. The highest BCUT2D eigenvalue weighted by Crippen LogP contribution is 2.43. The average molecular weight is 1060 g/mol. The molecule has 0 radical (unpaired) electrons. The highest BCUT2D eigenvalue weighted by atomic mass is 31.2. The number of unbranched alkanes of at least 4 members (excludes halogenated alkanes) is 49. The van der Waals surface area contributed by atoms with Crippen LogP contribution in [0.1, 0.15) is 354 Å². The molecule has 0 rings (SSSR count). The molecule has 0 aromatic carbocycles. The van der Waals surface area contributed by atoms with Crippen LogP contribution in [0, 0.1) is 0 Å². The van der Waals surface area contributed by atoms with E-state index in [1.807, 2.05) is 21.1 Å². The Labute approximate surface area is 457 Å². The van der Waals surface area contributed by atoms with E-state index in [1.165, 1.54) is 289 Å². The van der Waals surface area contributed by atoms with Gasteiger partial charge in [-0.2, -0.15) is 0 Å². The molecule has 8 nitrogen and oxygen atoms in total. The summed E-state index contributed by atoms with van der Waals surface area (Å²) in [7, 11) is 1.64. The van der Waals surface area contributed by atoms with Gasteiger partial charge in [-0.3, -0.25) is 13.8 Å². The van der Waals surface area contributed by atoms with E-state index in [0.717, 1.165) is 38.5 Å². The van der Waals surface area contributed by atoms with Gasteiger partial charge in [-0.05, 0) is 12.8 Å². The van der Waals surface area contributed by atoms with Gasteiger partial charge in [0.25, 0.3) is 0 Å². The summed E-state index contributed by atoms with van der Waals surface area (Å²) < 4.78 is 23.9. The number of aliphatic hydroxyl groups is 1. The molecule has 0 aromatic rings. The molecule has 0 aliphatic rings. The van der Waals surface area contributed by atoms with Crippen molar-refractivity contribution in [3.8, 4) is 0 Å². The first kappa shape index (κ1) is 72.5. The zero-order valence-electron chi connectivity index (χ0n) is 50.2. The smallest absolute Gasteiger partial charge is 0.391 e. The van der Waals surface area contributed by atoms with Gasteiger partial charge < -0.3 is 19.8 Å². The summed E-state index contributed by atoms with van der Waals surface area (Å²) in [6, 6.07) is -0.756. The van der Waals surface area contributed by atoms with E-state index in [-0.39, 0.29) is 19.1 Å². The number of hydrogen-bond acceptors (Lipinski definition) is 5. The van der Waals surface area contributed by atoms with Gasteiger partial charge in [0.05, 0.1) is 39.9 Å². The van der Waals surface area contributed by atoms with Crippen LogP contribution < -0.4 is 5.32 Å². The van der Waals surface area contributed by atoms with Crippen molar-refractivity contribution >= 4 is 13.7 Å². The lowest BCUT2D eigenvalue weighted by Gasteiger charge is -2.26. The Morgan fingerprint density at radius 3 is 0.918 bits per heavy atom. The summed E-state index contributed by atoms with van der Waals surface area (Å²) in [5, 5.41) is 14.1. The second-order valence-corrected chi connectivity index (χ2v) is 25.7. The molecule has 0 heterocycles. The third kappa shape index (κ3) is 59.0. The van der Waals surface area contributed by atoms with Crippen LogP contribution in [-0.4, -0.2) is 73.4 Å². The number of likely N-dealkylation sites (N-methyl/N-ethyl adjacent to an activating group) is 1. The van der Waals surface area contributed by atoms with Crippen molar-refractivity contribution in [2.75, 3.05) is 40.9 Å². The first-order valence-corrected chi connectivity index (χ1v) is 34.4. The maximum Gasteiger partial charge on any atom is 0.472 e. The maximum atomic E-state index is 13.0. The van der Waals surface area contributed by atoms with Crippen molar-refractivity contribution in [2.45, 2.75) is 366 Å². The summed E-state index contributed by atoms with van der Waals surface area (Å²) in [5.74, 6) is -0.134. The lowest BCUT2D eigenvalue weighted by molar-refractivity contribution is -0.870. The van der Waals surface area contributed by atoms with Crippen LogP contribution in [0.3, 0.4) is 0 Å². The van der Waals surface area contributed by atoms with Gasteiger partial charge in [0.15, 0.2) is 0 Å². The number of rotatable bonds is 62. The average Bonchev–Trinajstić information content (AvgIpc) is 3.35. The van der Waals surface area contributed by atoms with Crippen molar-refractivity contribution in [1.29, 1.82) is 0 Å². The molecular weight excluding hydrogens is 924 g/mol. The van der Waals surface area contributed by atoms with Gasteiger partial charge in [-0.25, -0.2) is 4.57 Å². The minimum atomic E-state index is -4.32. The van der Waals surface area contributed by atoms with Crippen LogP contribution in [0.2, 0.25) is 0 Å². The fourth-order valence-electron chi connectivity index (χ4n) is 10.5. The first-order valence-electron chi connectivity index (χ1n) is 32.9. The van der Waals surface area contributed by atoms with Gasteiger partial charge in [0.2, 0.25) is 5.91 Å². The molecule has 3 unspecified atom stereocenters. The Bertz CT molecular complexity index is 1150. The van der Waals surface area contributed by atoms with E-state index in [9.17, 15) is 19.4 Å². The summed E-state index contributed by atoms with van der Waals surface area (Å²) in [4.78, 5) is 23.4. The first-order chi connectivity index (χ1) is 35.5. The lowest BCUT2D eigenvalue weighted by Crippen LogP contribution is -2.46. The minimum Gasteiger partial charge on any atom is -0.391 e. The highest BCUT2D eigenvalue weighted by Gasteiger charge is 2.28. The Morgan fingerprint density at radius 2 is 0.658 bits per heavy atom. The molecule has 0 saturated carbocycles. The number of amides is 1. The standard InChI is InChI=1S/C64H131N2O6P/c1-6-8-10-12-14-16-18-20-22-24-26-28-30-32-34-35-37-39-41-43-45-47-49-51-53-55-57-63(67)62(61-72-73(69,70)71-60-59-66(3,4)5)65-64(68)58-56-54-52-50-48-46-44-42-40-38-36-33-31-29-27-25-23-21-19-17-15-13-11-9-7-2/h62-63,67H,6-61H2,1-5H3,(H-,65,68,69,70)/p+1. The number of quaternary nitrogens is 1. The lowest BCUT2D eigenvalue weighted by atomic mass is 10.0. The molecule has 3 atom stereocenters. The number of nitrogens with one attached hydrogen (secondary N) is 1. The summed E-state index contributed by atoms with van der Waals surface area (Å²) in [6.45, 7) is 4.96. The monoisotopic (exact) mass is 1060 g/mol. The topological polar surface area (TPSA) is 105 Å². The zero-order valence-corrected chi connectivity index (χ0v) is 51.1. The normalized spacial score (nSPS) is 13.7. The second kappa shape index (κ2) is 56.2. The van der Waals surface area contributed by atoms with E-state index in [4.69, 9.17) is 9.05 Å². The Hall–Kier alpha value is -0.500. The van der Waals surface area contributed by atoms with E-state index in [2.05, 4.69) is 19.2 Å². The van der Waals surface area contributed by atoms with Crippen molar-refractivity contribution in [2.24, 2.45) is 0 Å². The molecule has 1 amide bonds. The minimum absolute atomic E-state index is 0.0794. The van der Waals surface area contributed by atoms with Crippen molar-refractivity contribution < 1.29 is 32.9 Å². The van der Waals surface area contributed by atoms with E-state index in [1.54, 1.807) is 0 Å². The van der Waals surface area contributed by atoms with Crippen molar-refractivity contribution in [1.82, 2.24) is 5.32 Å². The number of aliphatic hydroxyl groups excluding tert-OH is 1. The molecule has 0 spiro atoms. The van der Waals surface area contributed by atoms with Gasteiger partial charge in [0, 0.05) is 6.42 Å². The van der Waals surface area contributed by atoms with Gasteiger partial charge in [-0.1, -0.05) is 335 Å². The Morgan fingerprint density at radius 1 is 0.411 bits per heavy atom. The molecule has 73 heavy (non-hydrogen) atoms. The Balaban J connectivity index is 4.04. The van der Waals surface area contributed by atoms with E-state index >= 15 is 0 Å². The fourth-order valence-corrected chi connectivity index (χ4v) is 11.2. The molecule has 0 aromatic heterocycles. The van der Waals surface area contributed by atoms with Gasteiger partial charge in [-0.15, -0.1) is 0 Å². The molecule has 0 saturated heterocycles. The summed E-state index contributed by atoms with van der Waals surface area (Å²) in [5.41, 5.74) is 0. The molecule has 9 heteroatoms. The van der Waals surface area contributed by atoms with Gasteiger partial charge >= 0.3 is 7.82 Å². The van der Waals surface area contributed by atoms with Crippen molar-refractivity contribution in [3.63, 3.8) is 0 Å². The van der Waals surface area contributed by atoms with Crippen LogP contribution in [0.25, 0.3) is 0 Å². The SMILES string of the molecule is CCCCCCCCCCCCCCCCCCCCCCCCCCCCC(O)C(COP(=O)(O)OCC[N+](C)(C)C)NC(=O)CCCCCCCCCCCCCCCCCCCCCCCCCCC. The van der Waals surface area contributed by atoms with E-state index < -0.39 is 20.0 Å². The van der Waals surface area contributed by atoms with Crippen LogP contribution >= 0.6 is 7.82 Å². The predicted molar refractivity (Wildman–Crippen MR) is 319 cm³/mol. The zero-order chi connectivity index (χ0) is 53.5. The third-order valence-electron chi connectivity index (χ3n) is 15.6. The molecule has 3 N–H and O–H groups in total. The number of phosphoric acid groups is 1. The second-order valence-electron chi connectivity index (χ2n) is 24.2. The molecule has 438 valence electrons. The van der Waals surface area contributed by atoms with Crippen LogP contribution in [0.15, 0.2) is 0 Å². The number of nitrogens with zero attached hydrogens (tertiary/aromatic N) is 1. The number of hydrogen-bond donors (Lipinski definition) is 3. The number of carbonyl (C=O) groups excluding carboxylic acids is 1. The Kier molecular flexibility index (Phi) is 55.8. The summed E-state index contributed by atoms with van der Waals surface area (Å²) >= 11 is 0. The van der Waals surface area contributed by atoms with Crippen LogP contribution in [-0.2, 0) is 18.4 Å². The van der Waals surface area contributed by atoms with Crippen LogP contribution in [0.4, 0.5) is 0 Å². The quantitative estimate of drug-likeness (QED) is 0.0318. The highest BCUT2D eigenvalue weighted by molar-refractivity contribution is 7.47. The van der Waals surface area contributed by atoms with Crippen molar-refractivity contribution in [3.05, 3.63) is 0 Å². The largest absolute Gasteiger partial charge is 0.472 e. The van der Waals surface area contributed by atoms with Gasteiger partial charge in [0.1, 0.15) is 13.2 Å². The maximum absolute atomic E-state index is 13.0. The number of carbonyl (C=O) groups is 1. The molecule has 0 aliphatic heterocycles. The molecule has 0 fully saturated rings. The number of phosphoric ester groups is 1. The molecule has 0 bridgehead atoms. The predicted octanol–water partition coefficient (Wildman–Crippen LogP) is 20.4. The van der Waals surface area contributed by atoms with E-state index in [0.29, 0.717) is 23.9 Å². The van der Waals surface area contributed by atoms with Crippen LogP contribution in [0.5, 0.6) is 0 Å².